The van der Waals surface area contributed by atoms with Gasteiger partial charge in [-0.1, -0.05) is 0 Å². The molecule has 1 atom stereocenters. The van der Waals surface area contributed by atoms with E-state index in [0.29, 0.717) is 18.7 Å². The van der Waals surface area contributed by atoms with Gasteiger partial charge in [-0.05, 0) is 42.8 Å². The van der Waals surface area contributed by atoms with E-state index in [-0.39, 0.29) is 23.2 Å². The van der Waals surface area contributed by atoms with Crippen LogP contribution in [0.25, 0.3) is 0 Å². The summed E-state index contributed by atoms with van der Waals surface area (Å²) in [5.41, 5.74) is 0.806. The Labute approximate surface area is 148 Å². The molecule has 1 fully saturated rings. The quantitative estimate of drug-likeness (QED) is 0.880. The predicted octanol–water partition coefficient (Wildman–Crippen LogP) is 2.90. The number of carbonyl (C=O) groups excluding carboxylic acids is 2. The zero-order chi connectivity index (χ0) is 18.7. The summed E-state index contributed by atoms with van der Waals surface area (Å²) in [5, 5.41) is 5.04. The smallest absolute Gasteiger partial charge is 0.319 e. The average Bonchev–Trinajstić information content (AvgIpc) is 2.96. The van der Waals surface area contributed by atoms with Gasteiger partial charge in [0.2, 0.25) is 5.91 Å². The first-order valence-electron chi connectivity index (χ1n) is 7.96. The Kier molecular flexibility index (Phi) is 5.01. The zero-order valence-electron chi connectivity index (χ0n) is 14.0. The number of hydrogen-bond donors (Lipinski definition) is 2. The molecule has 0 bridgehead atoms. The van der Waals surface area contributed by atoms with Crippen molar-refractivity contribution in [2.75, 3.05) is 23.9 Å². The van der Waals surface area contributed by atoms with Crippen LogP contribution in [0.3, 0.4) is 0 Å². The van der Waals surface area contributed by atoms with Crippen molar-refractivity contribution in [1.29, 1.82) is 0 Å². The summed E-state index contributed by atoms with van der Waals surface area (Å²) in [7, 11) is 1.34. The Hall–Kier alpha value is -3.16. The molecule has 0 saturated carbocycles. The highest BCUT2D eigenvalue weighted by molar-refractivity contribution is 6.02. The lowest BCUT2D eigenvalue weighted by atomic mass is 10.2. The van der Waals surface area contributed by atoms with Gasteiger partial charge in [-0.25, -0.2) is 13.6 Å². The van der Waals surface area contributed by atoms with E-state index in [1.54, 1.807) is 0 Å². The van der Waals surface area contributed by atoms with Gasteiger partial charge in [0.15, 0.2) is 11.6 Å². The van der Waals surface area contributed by atoms with Gasteiger partial charge in [0.05, 0.1) is 7.11 Å². The van der Waals surface area contributed by atoms with Crippen LogP contribution in [0.1, 0.15) is 6.42 Å². The number of benzene rings is 2. The van der Waals surface area contributed by atoms with Gasteiger partial charge in [-0.3, -0.25) is 4.79 Å². The van der Waals surface area contributed by atoms with Gasteiger partial charge in [-0.2, -0.15) is 0 Å². The van der Waals surface area contributed by atoms with Crippen LogP contribution in [-0.2, 0) is 4.79 Å². The molecule has 0 aromatic heterocycles. The molecular formula is C18H17F2N3O3. The van der Waals surface area contributed by atoms with Crippen LogP contribution < -0.4 is 20.3 Å². The maximum atomic E-state index is 13.7. The second kappa shape index (κ2) is 7.38. The minimum Gasteiger partial charge on any atom is -0.494 e. The lowest BCUT2D eigenvalue weighted by Crippen LogP contribution is -2.43. The van der Waals surface area contributed by atoms with Gasteiger partial charge in [-0.15, -0.1) is 0 Å². The summed E-state index contributed by atoms with van der Waals surface area (Å²) in [6.07, 6.45) is 0.417. The summed E-state index contributed by atoms with van der Waals surface area (Å²) < 4.78 is 31.5. The van der Waals surface area contributed by atoms with Gasteiger partial charge < -0.3 is 20.3 Å². The van der Waals surface area contributed by atoms with E-state index in [1.807, 2.05) is 0 Å². The summed E-state index contributed by atoms with van der Waals surface area (Å²) in [4.78, 5) is 26.0. The molecule has 1 aliphatic heterocycles. The molecule has 2 N–H and O–H groups in total. The molecule has 6 nitrogen and oxygen atoms in total. The maximum Gasteiger partial charge on any atom is 0.319 e. The van der Waals surface area contributed by atoms with Crippen molar-refractivity contribution in [1.82, 2.24) is 5.32 Å². The van der Waals surface area contributed by atoms with Gasteiger partial charge >= 0.3 is 6.03 Å². The fourth-order valence-electron chi connectivity index (χ4n) is 2.76. The molecule has 1 heterocycles. The predicted molar refractivity (Wildman–Crippen MR) is 92.3 cm³/mol. The normalized spacial score (nSPS) is 16.5. The lowest BCUT2D eigenvalue weighted by molar-refractivity contribution is -0.118. The highest BCUT2D eigenvalue weighted by Gasteiger charge is 2.33. The molecule has 1 aliphatic rings. The number of halogens is 2. The SMILES string of the molecule is COc1ccc(NC(=O)NC2CCN(c3ccc(F)cc3)C2=O)cc1F. The third-order valence-corrected chi connectivity index (χ3v) is 4.06. The van der Waals surface area contributed by atoms with E-state index >= 15 is 0 Å². The fourth-order valence-corrected chi connectivity index (χ4v) is 2.76. The third-order valence-electron chi connectivity index (χ3n) is 4.06. The van der Waals surface area contributed by atoms with Crippen molar-refractivity contribution in [2.45, 2.75) is 12.5 Å². The number of amides is 3. The molecule has 2 aromatic carbocycles. The summed E-state index contributed by atoms with van der Waals surface area (Å²) >= 11 is 0. The number of methoxy groups -OCH3 is 1. The number of ether oxygens (including phenoxy) is 1. The van der Waals surface area contributed by atoms with Crippen molar-refractivity contribution in [3.63, 3.8) is 0 Å². The number of rotatable bonds is 4. The number of nitrogens with zero attached hydrogens (tertiary/aromatic N) is 1. The molecule has 3 rings (SSSR count). The molecule has 0 spiro atoms. The van der Waals surface area contributed by atoms with Crippen molar-refractivity contribution in [2.24, 2.45) is 0 Å². The Balaban J connectivity index is 1.60. The van der Waals surface area contributed by atoms with Crippen LogP contribution in [-0.4, -0.2) is 31.6 Å². The number of nitrogens with one attached hydrogen (secondary N) is 2. The topological polar surface area (TPSA) is 70.7 Å². The minimum absolute atomic E-state index is 0.0665. The second-order valence-electron chi connectivity index (χ2n) is 5.76. The fraction of sp³-hybridized carbons (Fsp3) is 0.222. The highest BCUT2D eigenvalue weighted by atomic mass is 19.1. The zero-order valence-corrected chi connectivity index (χ0v) is 14.0. The molecule has 3 amide bonds. The number of anilines is 2. The second-order valence-corrected chi connectivity index (χ2v) is 5.76. The van der Waals surface area contributed by atoms with Crippen molar-refractivity contribution < 1.29 is 23.1 Å². The summed E-state index contributed by atoms with van der Waals surface area (Å²) in [6.45, 7) is 0.409. The Morgan fingerprint density at radius 2 is 1.92 bits per heavy atom. The van der Waals surface area contributed by atoms with Crippen LogP contribution in [0.5, 0.6) is 5.75 Å². The minimum atomic E-state index is -0.705. The van der Waals surface area contributed by atoms with Crippen LogP contribution >= 0.6 is 0 Å². The largest absolute Gasteiger partial charge is 0.494 e. The van der Waals surface area contributed by atoms with E-state index in [0.717, 1.165) is 6.07 Å². The van der Waals surface area contributed by atoms with Crippen LogP contribution in [0.15, 0.2) is 42.5 Å². The number of urea groups is 1. The van der Waals surface area contributed by atoms with Gasteiger partial charge in [0.25, 0.3) is 0 Å². The molecule has 8 heteroatoms. The van der Waals surface area contributed by atoms with Crippen molar-refractivity contribution in [3.8, 4) is 5.75 Å². The molecular weight excluding hydrogens is 344 g/mol. The number of carbonyl (C=O) groups is 2. The van der Waals surface area contributed by atoms with E-state index in [2.05, 4.69) is 10.6 Å². The molecule has 2 aromatic rings. The molecule has 0 radical (unpaired) electrons. The molecule has 1 saturated heterocycles. The van der Waals surface area contributed by atoms with Crippen LogP contribution in [0, 0.1) is 11.6 Å². The Morgan fingerprint density at radius 1 is 1.19 bits per heavy atom. The van der Waals surface area contributed by atoms with Crippen molar-refractivity contribution in [3.05, 3.63) is 54.1 Å². The summed E-state index contributed by atoms with van der Waals surface area (Å²) in [5.74, 6) is -1.21. The average molecular weight is 361 g/mol. The van der Waals surface area contributed by atoms with E-state index in [1.165, 1.54) is 48.4 Å². The monoisotopic (exact) mass is 361 g/mol. The van der Waals surface area contributed by atoms with Gasteiger partial charge in [0, 0.05) is 24.0 Å². The Morgan fingerprint density at radius 3 is 2.58 bits per heavy atom. The first-order valence-corrected chi connectivity index (χ1v) is 7.96. The van der Waals surface area contributed by atoms with Crippen molar-refractivity contribution >= 4 is 23.3 Å². The summed E-state index contributed by atoms with van der Waals surface area (Å²) in [6, 6.07) is 8.25. The van der Waals surface area contributed by atoms with Crippen LogP contribution in [0.4, 0.5) is 25.0 Å². The molecule has 136 valence electrons. The van der Waals surface area contributed by atoms with Crippen LogP contribution in [0.2, 0.25) is 0 Å². The first kappa shape index (κ1) is 17.7. The molecule has 26 heavy (non-hydrogen) atoms. The molecule has 1 unspecified atom stereocenters. The highest BCUT2D eigenvalue weighted by Crippen LogP contribution is 2.23. The Bertz CT molecular complexity index is 827. The lowest BCUT2D eigenvalue weighted by Gasteiger charge is -2.17. The maximum absolute atomic E-state index is 13.7. The molecule has 0 aliphatic carbocycles. The standard InChI is InChI=1S/C18H17F2N3O3/c1-26-16-7-4-12(10-14(16)20)21-18(25)22-15-8-9-23(17(15)24)13-5-2-11(19)3-6-13/h2-7,10,15H,8-9H2,1H3,(H2,21,22,25). The first-order chi connectivity index (χ1) is 12.5. The third kappa shape index (κ3) is 3.74. The van der Waals surface area contributed by atoms with E-state index in [9.17, 15) is 18.4 Å². The van der Waals surface area contributed by atoms with E-state index in [4.69, 9.17) is 4.74 Å². The van der Waals surface area contributed by atoms with Gasteiger partial charge in [0.1, 0.15) is 11.9 Å². The van der Waals surface area contributed by atoms with E-state index < -0.39 is 17.9 Å². The number of hydrogen-bond acceptors (Lipinski definition) is 3.